The maximum atomic E-state index is 13.2. The number of sulfonamides is 1. The molecular weight excluding hydrogens is 463 g/mol. The molecule has 2 aromatic carbocycles. The van der Waals surface area contributed by atoms with Crippen molar-refractivity contribution < 1.29 is 22.3 Å². The molecule has 1 aromatic heterocycles. The number of hydrogen-bond acceptors (Lipinski definition) is 6. The number of benzene rings is 2. The highest BCUT2D eigenvalue weighted by atomic mass is 32.2. The first-order valence-electron chi connectivity index (χ1n) is 10.6. The first kappa shape index (κ1) is 23.7. The molecule has 2 heterocycles. The lowest BCUT2D eigenvalue weighted by Gasteiger charge is -2.34. The van der Waals surface area contributed by atoms with Crippen LogP contribution in [-0.2, 0) is 14.8 Å². The van der Waals surface area contributed by atoms with E-state index >= 15 is 0 Å². The first-order valence-corrected chi connectivity index (χ1v) is 12.0. The number of hydrogen-bond donors (Lipinski definition) is 1. The van der Waals surface area contributed by atoms with Crippen molar-refractivity contribution in [2.75, 3.05) is 18.4 Å². The normalized spacial score (nSPS) is 19.0. The van der Waals surface area contributed by atoms with E-state index in [4.69, 9.17) is 4.74 Å². The van der Waals surface area contributed by atoms with Gasteiger partial charge in [-0.05, 0) is 62.4 Å². The fraction of sp³-hybridized carbons (Fsp3) is 0.261. The lowest BCUT2D eigenvalue weighted by Crippen LogP contribution is -2.48. The van der Waals surface area contributed by atoms with Gasteiger partial charge in [-0.15, -0.1) is 0 Å². The Bertz CT molecular complexity index is 1350. The molecule has 0 unspecified atom stereocenters. The van der Waals surface area contributed by atoms with E-state index in [0.29, 0.717) is 11.4 Å². The van der Waals surface area contributed by atoms with Gasteiger partial charge in [-0.2, -0.15) is 9.40 Å². The van der Waals surface area contributed by atoms with E-state index in [1.54, 1.807) is 0 Å². The van der Waals surface area contributed by atoms with E-state index in [0.717, 1.165) is 0 Å². The van der Waals surface area contributed by atoms with Crippen molar-refractivity contribution in [2.45, 2.75) is 31.0 Å². The highest BCUT2D eigenvalue weighted by Crippen LogP contribution is 2.22. The average molecular weight is 487 g/mol. The molecule has 1 saturated heterocycles. The Morgan fingerprint density at radius 2 is 1.65 bits per heavy atom. The van der Waals surface area contributed by atoms with Gasteiger partial charge in [0.2, 0.25) is 15.5 Å². The average Bonchev–Trinajstić information content (AvgIpc) is 2.79. The van der Waals surface area contributed by atoms with E-state index in [9.17, 15) is 22.4 Å². The molecule has 11 heteroatoms. The molecule has 0 saturated carbocycles. The maximum Gasteiger partial charge on any atom is 0.280 e. The molecule has 0 spiro atoms. The van der Waals surface area contributed by atoms with Crippen LogP contribution in [0.1, 0.15) is 24.3 Å². The minimum absolute atomic E-state index is 0.0864. The number of rotatable bonds is 5. The molecule has 9 nitrogen and oxygen atoms in total. The van der Waals surface area contributed by atoms with Gasteiger partial charge in [0, 0.05) is 31.0 Å². The molecule has 1 N–H and O–H groups in total. The molecule has 2 atom stereocenters. The zero-order valence-electron chi connectivity index (χ0n) is 18.5. The van der Waals surface area contributed by atoms with Gasteiger partial charge >= 0.3 is 0 Å². The SMILES string of the molecule is C[C@H]1CN(S(=O)(=O)c2ccc(NC(=O)c3nn(-c4ccc(F)cc4)ccc3=O)cc2)C[C@H](C)O1. The van der Waals surface area contributed by atoms with Gasteiger partial charge in [-0.25, -0.2) is 17.5 Å². The van der Waals surface area contributed by atoms with E-state index in [-0.39, 0.29) is 35.9 Å². The summed E-state index contributed by atoms with van der Waals surface area (Å²) in [6.45, 7) is 4.15. The fourth-order valence-electron chi connectivity index (χ4n) is 3.68. The largest absolute Gasteiger partial charge is 0.373 e. The first-order chi connectivity index (χ1) is 16.1. The smallest absolute Gasteiger partial charge is 0.280 e. The number of aromatic nitrogens is 2. The number of ether oxygens (including phenoxy) is 1. The van der Waals surface area contributed by atoms with Crippen molar-refractivity contribution in [1.29, 1.82) is 0 Å². The number of nitrogens with one attached hydrogen (secondary N) is 1. The maximum absolute atomic E-state index is 13.2. The van der Waals surface area contributed by atoms with Crippen LogP contribution in [-0.4, -0.2) is 53.7 Å². The molecule has 0 aliphatic carbocycles. The highest BCUT2D eigenvalue weighted by molar-refractivity contribution is 7.89. The predicted octanol–water partition coefficient (Wildman–Crippen LogP) is 2.42. The summed E-state index contributed by atoms with van der Waals surface area (Å²) in [6.07, 6.45) is 0.947. The van der Waals surface area contributed by atoms with Crippen molar-refractivity contribution in [3.8, 4) is 5.69 Å². The van der Waals surface area contributed by atoms with Gasteiger partial charge in [0.25, 0.3) is 5.91 Å². The summed E-state index contributed by atoms with van der Waals surface area (Å²) in [4.78, 5) is 25.0. The van der Waals surface area contributed by atoms with Crippen LogP contribution in [0.5, 0.6) is 0 Å². The summed E-state index contributed by atoms with van der Waals surface area (Å²) >= 11 is 0. The van der Waals surface area contributed by atoms with Gasteiger partial charge in [0.05, 0.1) is 22.8 Å². The third-order valence-electron chi connectivity index (χ3n) is 5.25. The number of nitrogens with zero attached hydrogens (tertiary/aromatic N) is 3. The van der Waals surface area contributed by atoms with Crippen LogP contribution in [0.3, 0.4) is 0 Å². The van der Waals surface area contributed by atoms with E-state index < -0.39 is 27.2 Å². The molecule has 4 rings (SSSR count). The second-order valence-electron chi connectivity index (χ2n) is 8.01. The zero-order chi connectivity index (χ0) is 24.5. The molecule has 0 radical (unpaired) electrons. The molecule has 3 aromatic rings. The fourth-order valence-corrected chi connectivity index (χ4v) is 5.27. The van der Waals surface area contributed by atoms with Crippen LogP contribution < -0.4 is 10.7 Å². The number of carbonyl (C=O) groups is 1. The summed E-state index contributed by atoms with van der Waals surface area (Å²) in [5.74, 6) is -1.18. The Morgan fingerprint density at radius 3 is 2.26 bits per heavy atom. The molecule has 34 heavy (non-hydrogen) atoms. The molecule has 1 aliphatic heterocycles. The summed E-state index contributed by atoms with van der Waals surface area (Å²) in [7, 11) is -3.72. The van der Waals surface area contributed by atoms with E-state index in [1.807, 2.05) is 13.8 Å². The van der Waals surface area contributed by atoms with Gasteiger partial charge < -0.3 is 10.1 Å². The Hall–Kier alpha value is -3.41. The molecule has 178 valence electrons. The van der Waals surface area contributed by atoms with Gasteiger partial charge in [-0.1, -0.05) is 0 Å². The third-order valence-corrected chi connectivity index (χ3v) is 7.10. The monoisotopic (exact) mass is 486 g/mol. The summed E-state index contributed by atoms with van der Waals surface area (Å²) < 4.78 is 47.4. The summed E-state index contributed by atoms with van der Waals surface area (Å²) in [5.41, 5.74) is -0.187. The van der Waals surface area contributed by atoms with Crippen molar-refractivity contribution >= 4 is 21.6 Å². The van der Waals surface area contributed by atoms with Crippen molar-refractivity contribution in [2.24, 2.45) is 0 Å². The second kappa shape index (κ2) is 9.45. The molecule has 1 fully saturated rings. The van der Waals surface area contributed by atoms with Crippen LogP contribution in [0.4, 0.5) is 10.1 Å². The van der Waals surface area contributed by atoms with Gasteiger partial charge in [0.1, 0.15) is 5.82 Å². The molecule has 0 bridgehead atoms. The Balaban J connectivity index is 1.52. The zero-order valence-corrected chi connectivity index (χ0v) is 19.3. The van der Waals surface area contributed by atoms with Crippen LogP contribution in [0.25, 0.3) is 5.69 Å². The number of anilines is 1. The highest BCUT2D eigenvalue weighted by Gasteiger charge is 2.32. The van der Waals surface area contributed by atoms with Crippen LogP contribution in [0.2, 0.25) is 0 Å². The number of halogens is 1. The second-order valence-corrected chi connectivity index (χ2v) is 9.95. The van der Waals surface area contributed by atoms with Crippen molar-refractivity contribution in [3.05, 3.63) is 82.5 Å². The molecule has 1 aliphatic rings. The summed E-state index contributed by atoms with van der Waals surface area (Å²) in [6, 6.07) is 12.3. The number of amides is 1. The topological polar surface area (TPSA) is 111 Å². The minimum Gasteiger partial charge on any atom is -0.373 e. The van der Waals surface area contributed by atoms with Gasteiger partial charge in [-0.3, -0.25) is 9.59 Å². The van der Waals surface area contributed by atoms with Crippen molar-refractivity contribution in [1.82, 2.24) is 14.1 Å². The lowest BCUT2D eigenvalue weighted by molar-refractivity contribution is -0.0440. The van der Waals surface area contributed by atoms with Crippen molar-refractivity contribution in [3.63, 3.8) is 0 Å². The van der Waals surface area contributed by atoms with Crippen LogP contribution in [0.15, 0.2) is 70.5 Å². The summed E-state index contributed by atoms with van der Waals surface area (Å²) in [5, 5.41) is 6.61. The quantitative estimate of drug-likeness (QED) is 0.593. The predicted molar refractivity (Wildman–Crippen MR) is 123 cm³/mol. The van der Waals surface area contributed by atoms with Crippen LogP contribution >= 0.6 is 0 Å². The Kier molecular flexibility index (Phi) is 6.60. The minimum atomic E-state index is -3.72. The third kappa shape index (κ3) is 5.06. The van der Waals surface area contributed by atoms with Crippen LogP contribution in [0, 0.1) is 5.82 Å². The molecular formula is C23H23FN4O5S. The standard InChI is InChI=1S/C23H23FN4O5S/c1-15-13-27(14-16(2)33-15)34(31,32)20-9-5-18(6-10-20)25-23(30)22-21(29)11-12-28(26-22)19-7-3-17(24)4-8-19/h3-12,15-16H,13-14H2,1-2H3,(H,25,30)/t15-,16-/m0/s1. The number of carbonyl (C=O) groups excluding carboxylic acids is 1. The Labute approximate surface area is 195 Å². The number of morpholine rings is 1. The van der Waals surface area contributed by atoms with E-state index in [2.05, 4.69) is 10.4 Å². The van der Waals surface area contributed by atoms with E-state index in [1.165, 1.54) is 69.8 Å². The van der Waals surface area contributed by atoms with Gasteiger partial charge in [0.15, 0.2) is 5.69 Å². The lowest BCUT2D eigenvalue weighted by atomic mass is 10.3. The Morgan fingerprint density at radius 1 is 1.03 bits per heavy atom. The molecule has 1 amide bonds.